The number of thiophene rings is 1. The first-order valence-electron chi connectivity index (χ1n) is 7.15. The third-order valence-electron chi connectivity index (χ3n) is 4.25. The van der Waals surface area contributed by atoms with Gasteiger partial charge in [0.1, 0.15) is 4.90 Å². The lowest BCUT2D eigenvalue weighted by molar-refractivity contribution is 0.257. The van der Waals surface area contributed by atoms with Crippen molar-refractivity contribution >= 4 is 37.3 Å². The van der Waals surface area contributed by atoms with E-state index in [0.717, 1.165) is 32.4 Å². The van der Waals surface area contributed by atoms with Gasteiger partial charge in [-0.1, -0.05) is 0 Å². The molecule has 2 saturated heterocycles. The summed E-state index contributed by atoms with van der Waals surface area (Å²) in [6.07, 6.45) is 3.12. The van der Waals surface area contributed by atoms with Gasteiger partial charge in [-0.25, -0.2) is 8.42 Å². The van der Waals surface area contributed by atoms with Crippen LogP contribution in [0.15, 0.2) is 14.7 Å². The first kappa shape index (κ1) is 15.9. The number of rotatable bonds is 3. The first-order chi connectivity index (χ1) is 10.0. The van der Waals surface area contributed by atoms with Gasteiger partial charge in [0.25, 0.3) is 0 Å². The fraction of sp³-hybridized carbons (Fsp3) is 0.692. The van der Waals surface area contributed by atoms with Gasteiger partial charge in [-0.2, -0.15) is 4.31 Å². The Kier molecular flexibility index (Phi) is 4.73. The Morgan fingerprint density at radius 3 is 2.81 bits per heavy atom. The van der Waals surface area contributed by atoms with E-state index in [1.54, 1.807) is 10.4 Å². The van der Waals surface area contributed by atoms with Crippen molar-refractivity contribution in [1.29, 1.82) is 0 Å². The third kappa shape index (κ3) is 3.07. The number of halogens is 1. The molecule has 0 bridgehead atoms. The van der Waals surface area contributed by atoms with Crippen LogP contribution in [0.5, 0.6) is 0 Å². The second-order valence-electron chi connectivity index (χ2n) is 5.56. The molecule has 2 aliphatic rings. The number of hydrogen-bond donors (Lipinski definition) is 1. The van der Waals surface area contributed by atoms with E-state index >= 15 is 0 Å². The number of fused-ring (bicyclic) bond motifs is 1. The summed E-state index contributed by atoms with van der Waals surface area (Å²) in [7, 11) is -3.48. The van der Waals surface area contributed by atoms with Crippen LogP contribution in [-0.4, -0.2) is 55.0 Å². The molecule has 3 heterocycles. The second-order valence-corrected chi connectivity index (χ2v) is 9.92. The first-order valence-corrected chi connectivity index (χ1v) is 10.2. The van der Waals surface area contributed by atoms with Crippen molar-refractivity contribution in [2.75, 3.05) is 26.2 Å². The SMILES string of the molecule is O=S(=O)(c1cc(CO)sc1Br)N1CCCN2CCCC2C1. The minimum atomic E-state index is -3.48. The Bertz CT molecular complexity index is 617. The highest BCUT2D eigenvalue weighted by atomic mass is 79.9. The minimum absolute atomic E-state index is 0.130. The van der Waals surface area contributed by atoms with Crippen LogP contribution in [0.3, 0.4) is 0 Å². The largest absolute Gasteiger partial charge is 0.391 e. The van der Waals surface area contributed by atoms with E-state index in [9.17, 15) is 13.5 Å². The summed E-state index contributed by atoms with van der Waals surface area (Å²) in [5.41, 5.74) is 0. The standard InChI is InChI=1S/C13H19BrN2O3S2/c14-13-12(7-11(9-17)20-13)21(18,19)16-6-2-5-15-4-1-3-10(15)8-16/h7,10,17H,1-6,8-9H2. The molecule has 5 nitrogen and oxygen atoms in total. The zero-order valence-corrected chi connectivity index (χ0v) is 14.9. The van der Waals surface area contributed by atoms with E-state index in [0.29, 0.717) is 32.7 Å². The zero-order chi connectivity index (χ0) is 15.0. The molecule has 1 aromatic rings. The van der Waals surface area contributed by atoms with Crippen molar-refractivity contribution in [1.82, 2.24) is 9.21 Å². The van der Waals surface area contributed by atoms with Gasteiger partial charge in [-0.3, -0.25) is 4.90 Å². The maximum absolute atomic E-state index is 12.9. The Hall–Kier alpha value is 0.01000. The van der Waals surface area contributed by atoms with Gasteiger partial charge in [-0.05, 0) is 54.3 Å². The summed E-state index contributed by atoms with van der Waals surface area (Å²) < 4.78 is 28.0. The van der Waals surface area contributed by atoms with E-state index in [4.69, 9.17) is 0 Å². The molecule has 0 spiro atoms. The molecule has 1 aromatic heterocycles. The Labute approximate surface area is 137 Å². The lowest BCUT2D eigenvalue weighted by Crippen LogP contribution is -2.39. The van der Waals surface area contributed by atoms with Gasteiger partial charge < -0.3 is 5.11 Å². The maximum atomic E-state index is 12.9. The summed E-state index contributed by atoms with van der Waals surface area (Å²) in [5, 5.41) is 9.19. The van der Waals surface area contributed by atoms with Gasteiger partial charge in [0.2, 0.25) is 10.0 Å². The molecule has 0 aliphatic carbocycles. The van der Waals surface area contributed by atoms with Crippen LogP contribution in [0.2, 0.25) is 0 Å². The highest BCUT2D eigenvalue weighted by Gasteiger charge is 2.35. The van der Waals surface area contributed by atoms with E-state index in [1.165, 1.54) is 11.3 Å². The van der Waals surface area contributed by atoms with Crippen LogP contribution in [0.1, 0.15) is 24.1 Å². The number of hydrogen-bond acceptors (Lipinski definition) is 5. The summed E-state index contributed by atoms with van der Waals surface area (Å²) in [6, 6.07) is 1.94. The van der Waals surface area contributed by atoms with E-state index < -0.39 is 10.0 Å². The molecule has 2 fully saturated rings. The van der Waals surface area contributed by atoms with Crippen molar-refractivity contribution in [3.8, 4) is 0 Å². The zero-order valence-electron chi connectivity index (χ0n) is 11.7. The van der Waals surface area contributed by atoms with Gasteiger partial charge in [0.05, 0.1) is 10.4 Å². The molecule has 118 valence electrons. The van der Waals surface area contributed by atoms with Crippen LogP contribution < -0.4 is 0 Å². The smallest absolute Gasteiger partial charge is 0.245 e. The Morgan fingerprint density at radius 2 is 2.10 bits per heavy atom. The van der Waals surface area contributed by atoms with Crippen LogP contribution in [0, 0.1) is 0 Å². The Morgan fingerprint density at radius 1 is 1.33 bits per heavy atom. The molecule has 1 unspecified atom stereocenters. The summed E-state index contributed by atoms with van der Waals surface area (Å²) in [6.45, 7) is 3.11. The molecule has 0 saturated carbocycles. The van der Waals surface area contributed by atoms with Gasteiger partial charge in [-0.15, -0.1) is 11.3 Å². The van der Waals surface area contributed by atoms with Crippen molar-refractivity contribution in [3.05, 3.63) is 14.7 Å². The third-order valence-corrected chi connectivity index (χ3v) is 8.35. The Balaban J connectivity index is 1.88. The van der Waals surface area contributed by atoms with Gasteiger partial charge >= 0.3 is 0 Å². The minimum Gasteiger partial charge on any atom is -0.391 e. The van der Waals surface area contributed by atoms with E-state index in [1.807, 2.05) is 0 Å². The van der Waals surface area contributed by atoms with Gasteiger partial charge in [0.15, 0.2) is 0 Å². The molecular formula is C13H19BrN2O3S2. The van der Waals surface area contributed by atoms with Crippen molar-refractivity contribution < 1.29 is 13.5 Å². The quantitative estimate of drug-likeness (QED) is 0.849. The summed E-state index contributed by atoms with van der Waals surface area (Å²) in [4.78, 5) is 3.37. The number of sulfonamides is 1. The summed E-state index contributed by atoms with van der Waals surface area (Å²) >= 11 is 4.61. The van der Waals surface area contributed by atoms with E-state index in [2.05, 4.69) is 20.8 Å². The van der Waals surface area contributed by atoms with Crippen LogP contribution >= 0.6 is 27.3 Å². The lowest BCUT2D eigenvalue weighted by Gasteiger charge is -2.25. The van der Waals surface area contributed by atoms with Crippen LogP contribution in [0.4, 0.5) is 0 Å². The number of aliphatic hydroxyl groups is 1. The average Bonchev–Trinajstić information content (AvgIpc) is 2.99. The monoisotopic (exact) mass is 394 g/mol. The number of nitrogens with zero attached hydrogens (tertiary/aromatic N) is 2. The average molecular weight is 395 g/mol. The molecule has 1 atom stereocenters. The molecule has 8 heteroatoms. The highest BCUT2D eigenvalue weighted by molar-refractivity contribution is 9.11. The van der Waals surface area contributed by atoms with Crippen LogP contribution in [-0.2, 0) is 16.6 Å². The predicted molar refractivity (Wildman–Crippen MR) is 85.9 cm³/mol. The molecule has 2 aliphatic heterocycles. The molecule has 3 rings (SSSR count). The molecular weight excluding hydrogens is 376 g/mol. The topological polar surface area (TPSA) is 60.9 Å². The molecule has 1 N–H and O–H groups in total. The lowest BCUT2D eigenvalue weighted by atomic mass is 10.2. The molecule has 21 heavy (non-hydrogen) atoms. The normalized spacial score (nSPS) is 25.0. The van der Waals surface area contributed by atoms with Crippen molar-refractivity contribution in [2.24, 2.45) is 0 Å². The fourth-order valence-electron chi connectivity index (χ4n) is 3.18. The molecule has 0 radical (unpaired) electrons. The maximum Gasteiger partial charge on any atom is 0.245 e. The van der Waals surface area contributed by atoms with Crippen LogP contribution in [0.25, 0.3) is 0 Å². The van der Waals surface area contributed by atoms with E-state index in [-0.39, 0.29) is 6.61 Å². The van der Waals surface area contributed by atoms with Crippen molar-refractivity contribution in [2.45, 2.75) is 36.8 Å². The predicted octanol–water partition coefficient (Wildman–Crippen LogP) is 1.86. The summed E-state index contributed by atoms with van der Waals surface area (Å²) in [5.74, 6) is 0. The molecule has 0 aromatic carbocycles. The van der Waals surface area contributed by atoms with Gasteiger partial charge in [0, 0.05) is 24.0 Å². The fourth-order valence-corrected chi connectivity index (χ4v) is 7.19. The highest BCUT2D eigenvalue weighted by Crippen LogP contribution is 2.34. The number of aliphatic hydroxyl groups excluding tert-OH is 1. The van der Waals surface area contributed by atoms with Crippen molar-refractivity contribution in [3.63, 3.8) is 0 Å². The molecule has 0 amide bonds. The second kappa shape index (κ2) is 6.25.